The second kappa shape index (κ2) is 7.11. The number of nitrogens with one attached hydrogen (secondary N) is 1. The third-order valence-electron chi connectivity index (χ3n) is 2.91. The average Bonchev–Trinajstić information content (AvgIpc) is 2.35. The van der Waals surface area contributed by atoms with Crippen molar-refractivity contribution in [3.05, 3.63) is 35.6 Å². The summed E-state index contributed by atoms with van der Waals surface area (Å²) in [6.07, 6.45) is 2.63. The van der Waals surface area contributed by atoms with E-state index in [1.54, 1.807) is 12.1 Å². The van der Waals surface area contributed by atoms with Crippen LogP contribution in [0.5, 0.6) is 0 Å². The van der Waals surface area contributed by atoms with Crippen LogP contribution >= 0.6 is 0 Å². The van der Waals surface area contributed by atoms with Crippen molar-refractivity contribution in [1.82, 2.24) is 5.32 Å². The van der Waals surface area contributed by atoms with Crippen molar-refractivity contribution in [2.45, 2.75) is 45.2 Å². The summed E-state index contributed by atoms with van der Waals surface area (Å²) in [7, 11) is 0. The van der Waals surface area contributed by atoms with Gasteiger partial charge in [0, 0.05) is 0 Å². The molecule has 0 aliphatic heterocycles. The lowest BCUT2D eigenvalue weighted by Crippen LogP contribution is -2.41. The number of hydrogen-bond acceptors (Lipinski definition) is 2. The number of amides is 1. The van der Waals surface area contributed by atoms with Crippen molar-refractivity contribution < 1.29 is 9.18 Å². The molecule has 4 heteroatoms. The zero-order valence-electron chi connectivity index (χ0n) is 10.9. The highest BCUT2D eigenvalue weighted by molar-refractivity contribution is 5.81. The predicted octanol–water partition coefficient (Wildman–Crippen LogP) is 2.52. The van der Waals surface area contributed by atoms with E-state index in [0.717, 1.165) is 18.4 Å². The summed E-state index contributed by atoms with van der Waals surface area (Å²) >= 11 is 0. The molecule has 3 N–H and O–H groups in total. The van der Waals surface area contributed by atoms with Crippen LogP contribution in [0.3, 0.4) is 0 Å². The molecule has 0 aromatic heterocycles. The highest BCUT2D eigenvalue weighted by Crippen LogP contribution is 2.13. The molecule has 1 aromatic rings. The molecule has 0 aliphatic rings. The zero-order chi connectivity index (χ0) is 13.5. The molecule has 3 nitrogen and oxygen atoms in total. The van der Waals surface area contributed by atoms with Crippen molar-refractivity contribution >= 4 is 5.91 Å². The van der Waals surface area contributed by atoms with Gasteiger partial charge in [-0.15, -0.1) is 0 Å². The number of halogens is 1. The molecule has 18 heavy (non-hydrogen) atoms. The van der Waals surface area contributed by atoms with Crippen molar-refractivity contribution in [3.63, 3.8) is 0 Å². The molecular formula is C14H21FN2O. The fourth-order valence-corrected chi connectivity index (χ4v) is 1.73. The lowest BCUT2D eigenvalue weighted by Gasteiger charge is -2.17. The summed E-state index contributed by atoms with van der Waals surface area (Å²) in [5.41, 5.74) is 6.52. The van der Waals surface area contributed by atoms with E-state index < -0.39 is 6.04 Å². The van der Waals surface area contributed by atoms with Gasteiger partial charge in [0.15, 0.2) is 0 Å². The van der Waals surface area contributed by atoms with Gasteiger partial charge in [0.05, 0.1) is 12.1 Å². The molecule has 0 saturated carbocycles. The Hall–Kier alpha value is -1.42. The maximum absolute atomic E-state index is 13.1. The van der Waals surface area contributed by atoms with E-state index >= 15 is 0 Å². The number of benzene rings is 1. The van der Waals surface area contributed by atoms with Gasteiger partial charge < -0.3 is 11.1 Å². The summed E-state index contributed by atoms with van der Waals surface area (Å²) in [5, 5.41) is 2.80. The highest BCUT2D eigenvalue weighted by atomic mass is 19.1. The van der Waals surface area contributed by atoms with Crippen LogP contribution in [-0.2, 0) is 4.79 Å². The Kier molecular flexibility index (Phi) is 5.78. The Morgan fingerprint density at radius 1 is 1.50 bits per heavy atom. The second-order valence-corrected chi connectivity index (χ2v) is 4.53. The van der Waals surface area contributed by atoms with Gasteiger partial charge in [0.2, 0.25) is 5.91 Å². The Labute approximate surface area is 108 Å². The minimum atomic E-state index is -0.485. The van der Waals surface area contributed by atoms with Crippen LogP contribution in [0.4, 0.5) is 4.39 Å². The molecule has 100 valence electrons. The molecule has 0 fully saturated rings. The van der Waals surface area contributed by atoms with Crippen LogP contribution in [-0.4, -0.2) is 11.9 Å². The fourth-order valence-electron chi connectivity index (χ4n) is 1.73. The topological polar surface area (TPSA) is 55.1 Å². The molecule has 0 bridgehead atoms. The maximum Gasteiger partial charge on any atom is 0.237 e. The minimum Gasteiger partial charge on any atom is -0.348 e. The monoisotopic (exact) mass is 252 g/mol. The van der Waals surface area contributed by atoms with Gasteiger partial charge in [-0.3, -0.25) is 4.79 Å². The van der Waals surface area contributed by atoms with E-state index in [9.17, 15) is 9.18 Å². The Morgan fingerprint density at radius 3 is 2.83 bits per heavy atom. The number of rotatable bonds is 6. The van der Waals surface area contributed by atoms with Crippen LogP contribution in [0.2, 0.25) is 0 Å². The van der Waals surface area contributed by atoms with Gasteiger partial charge in [0.1, 0.15) is 5.82 Å². The highest BCUT2D eigenvalue weighted by Gasteiger charge is 2.16. The molecule has 0 unspecified atom stereocenters. The Bertz CT molecular complexity index is 395. The van der Waals surface area contributed by atoms with Gasteiger partial charge in [0.25, 0.3) is 0 Å². The summed E-state index contributed by atoms with van der Waals surface area (Å²) < 4.78 is 13.1. The summed E-state index contributed by atoms with van der Waals surface area (Å²) in [6, 6.07) is 5.49. The lowest BCUT2D eigenvalue weighted by atomic mass is 10.1. The number of carbonyl (C=O) groups is 1. The van der Waals surface area contributed by atoms with Crippen LogP contribution in [0, 0.1) is 5.82 Å². The molecule has 1 rings (SSSR count). The van der Waals surface area contributed by atoms with E-state index in [2.05, 4.69) is 12.2 Å². The van der Waals surface area contributed by atoms with Gasteiger partial charge in [-0.2, -0.15) is 0 Å². The largest absolute Gasteiger partial charge is 0.348 e. The summed E-state index contributed by atoms with van der Waals surface area (Å²) in [6.45, 7) is 3.87. The van der Waals surface area contributed by atoms with Crippen LogP contribution in [0.25, 0.3) is 0 Å². The third-order valence-corrected chi connectivity index (χ3v) is 2.91. The summed E-state index contributed by atoms with van der Waals surface area (Å²) in [5.74, 6) is -0.482. The Morgan fingerprint density at radius 2 is 2.22 bits per heavy atom. The van der Waals surface area contributed by atoms with Gasteiger partial charge >= 0.3 is 0 Å². The lowest BCUT2D eigenvalue weighted by molar-refractivity contribution is -0.123. The quantitative estimate of drug-likeness (QED) is 0.817. The minimum absolute atomic E-state index is 0.180. The van der Waals surface area contributed by atoms with Gasteiger partial charge in [-0.1, -0.05) is 31.9 Å². The van der Waals surface area contributed by atoms with E-state index in [4.69, 9.17) is 5.73 Å². The molecule has 1 amide bonds. The number of unbranched alkanes of at least 4 members (excludes halogenated alkanes) is 1. The molecule has 2 atom stereocenters. The molecule has 0 saturated heterocycles. The van der Waals surface area contributed by atoms with Crippen LogP contribution in [0.15, 0.2) is 24.3 Å². The first-order chi connectivity index (χ1) is 8.54. The fraction of sp³-hybridized carbons (Fsp3) is 0.500. The summed E-state index contributed by atoms with van der Waals surface area (Å²) in [4.78, 5) is 11.8. The van der Waals surface area contributed by atoms with Crippen molar-refractivity contribution in [1.29, 1.82) is 0 Å². The van der Waals surface area contributed by atoms with E-state index in [1.807, 2.05) is 6.92 Å². The van der Waals surface area contributed by atoms with E-state index in [1.165, 1.54) is 12.1 Å². The SMILES string of the molecule is CCCC[C@H](N)C(=O)N[C@@H](C)c1cccc(F)c1. The molecule has 1 aromatic carbocycles. The van der Waals surface area contributed by atoms with Gasteiger partial charge in [-0.25, -0.2) is 4.39 Å². The first-order valence-corrected chi connectivity index (χ1v) is 6.36. The standard InChI is InChI=1S/C14H21FN2O/c1-3-4-8-13(16)14(18)17-10(2)11-6-5-7-12(15)9-11/h5-7,9-10,13H,3-4,8,16H2,1-2H3,(H,17,18)/t10-,13-/m0/s1. The van der Waals surface area contributed by atoms with Crippen LogP contribution in [0.1, 0.15) is 44.7 Å². The molecular weight excluding hydrogens is 231 g/mol. The number of carbonyl (C=O) groups excluding carboxylic acids is 1. The third kappa shape index (κ3) is 4.45. The predicted molar refractivity (Wildman–Crippen MR) is 70.5 cm³/mol. The zero-order valence-corrected chi connectivity index (χ0v) is 10.9. The number of hydrogen-bond donors (Lipinski definition) is 2. The first-order valence-electron chi connectivity index (χ1n) is 6.36. The van der Waals surface area contributed by atoms with E-state index in [-0.39, 0.29) is 17.8 Å². The maximum atomic E-state index is 13.1. The van der Waals surface area contributed by atoms with E-state index in [0.29, 0.717) is 6.42 Å². The normalized spacial score (nSPS) is 14.0. The smallest absolute Gasteiger partial charge is 0.237 e. The van der Waals surface area contributed by atoms with Crippen molar-refractivity contribution in [3.8, 4) is 0 Å². The first kappa shape index (κ1) is 14.6. The van der Waals surface area contributed by atoms with Gasteiger partial charge in [-0.05, 0) is 31.0 Å². The molecule has 0 radical (unpaired) electrons. The molecule has 0 aliphatic carbocycles. The van der Waals surface area contributed by atoms with Crippen molar-refractivity contribution in [2.24, 2.45) is 5.73 Å². The number of nitrogens with two attached hydrogens (primary N) is 1. The molecule has 0 heterocycles. The average molecular weight is 252 g/mol. The van der Waals surface area contributed by atoms with Crippen LogP contribution < -0.4 is 11.1 Å². The van der Waals surface area contributed by atoms with Crippen molar-refractivity contribution in [2.75, 3.05) is 0 Å². The Balaban J connectivity index is 2.54. The second-order valence-electron chi connectivity index (χ2n) is 4.53. The molecule has 0 spiro atoms.